The van der Waals surface area contributed by atoms with E-state index < -0.39 is 36.0 Å². The molecule has 1 heterocycles. The zero-order valence-electron chi connectivity index (χ0n) is 9.52. The van der Waals surface area contributed by atoms with Crippen LogP contribution in [-0.4, -0.2) is 31.9 Å². The van der Waals surface area contributed by atoms with Crippen LogP contribution in [0, 0.1) is 11.3 Å². The Labute approximate surface area is 104 Å². The largest absolute Gasteiger partial charge is 0.272 e. The number of aryl methyl sites for hydroxylation is 1. The summed E-state index contributed by atoms with van der Waals surface area (Å²) in [7, 11) is -6.75. The van der Waals surface area contributed by atoms with Crippen LogP contribution in [0.15, 0.2) is 11.1 Å². The van der Waals surface area contributed by atoms with E-state index in [9.17, 15) is 16.8 Å². The fourth-order valence-corrected chi connectivity index (χ4v) is 2.50. The molecule has 1 atom stereocenters. The molecule has 0 aliphatic heterocycles. The number of nitrogens with two attached hydrogens (primary N) is 1. The van der Waals surface area contributed by atoms with E-state index >= 15 is 0 Å². The van der Waals surface area contributed by atoms with Crippen molar-refractivity contribution >= 4 is 25.9 Å². The average molecular weight is 293 g/mol. The van der Waals surface area contributed by atoms with Gasteiger partial charge in [0.2, 0.25) is 20.0 Å². The lowest BCUT2D eigenvalue weighted by atomic mass is 10.5. The van der Waals surface area contributed by atoms with Gasteiger partial charge in [0.25, 0.3) is 0 Å². The highest BCUT2D eigenvalue weighted by Crippen LogP contribution is 2.19. The molecule has 1 rings (SSSR count). The molecular weight excluding hydrogens is 282 g/mol. The SMILES string of the molecule is CC(C#N)S(=O)(=O)Nc1nn(C)cc1S(N)(=O)=O. The summed E-state index contributed by atoms with van der Waals surface area (Å²) >= 11 is 0. The standard InChI is InChI=1S/C7H11N5O4S2/c1-5(3-8)18(15,16)11-7-6(17(9,13)14)4-12(2)10-7/h4-5H,1-2H3,(H,10,11)(H2,9,13,14). The van der Waals surface area contributed by atoms with Gasteiger partial charge in [0, 0.05) is 13.2 Å². The van der Waals surface area contributed by atoms with E-state index in [1.54, 1.807) is 0 Å². The Kier molecular flexibility index (Phi) is 3.65. The number of nitriles is 1. The highest BCUT2D eigenvalue weighted by molar-refractivity contribution is 7.93. The van der Waals surface area contributed by atoms with Crippen LogP contribution >= 0.6 is 0 Å². The zero-order chi connectivity index (χ0) is 14.1. The van der Waals surface area contributed by atoms with Gasteiger partial charge >= 0.3 is 0 Å². The Morgan fingerprint density at radius 2 is 2.06 bits per heavy atom. The molecule has 1 aromatic rings. The summed E-state index contributed by atoms with van der Waals surface area (Å²) in [5.41, 5.74) is 0. The van der Waals surface area contributed by atoms with E-state index in [0.717, 1.165) is 17.8 Å². The van der Waals surface area contributed by atoms with Crippen LogP contribution in [0.1, 0.15) is 6.92 Å². The molecule has 1 aromatic heterocycles. The first-order chi connectivity index (χ1) is 8.08. The maximum atomic E-state index is 11.6. The van der Waals surface area contributed by atoms with Crippen molar-refractivity contribution < 1.29 is 16.8 Å². The van der Waals surface area contributed by atoms with Crippen LogP contribution in [0.25, 0.3) is 0 Å². The van der Waals surface area contributed by atoms with Crippen molar-refractivity contribution in [1.29, 1.82) is 5.26 Å². The molecule has 0 radical (unpaired) electrons. The third-order valence-corrected chi connectivity index (χ3v) is 4.41. The Balaban J connectivity index is 3.27. The second-order valence-corrected chi connectivity index (χ2v) is 7.01. The fourth-order valence-electron chi connectivity index (χ4n) is 1.04. The lowest BCUT2D eigenvalue weighted by molar-refractivity contribution is 0.596. The molecule has 3 N–H and O–H groups in total. The lowest BCUT2D eigenvalue weighted by Crippen LogP contribution is -2.25. The highest BCUT2D eigenvalue weighted by Gasteiger charge is 2.26. The Bertz CT molecular complexity index is 697. The molecule has 0 aliphatic rings. The van der Waals surface area contributed by atoms with Crippen LogP contribution in [0.4, 0.5) is 5.82 Å². The molecule has 9 nitrogen and oxygen atoms in total. The smallest absolute Gasteiger partial charge is 0.250 e. The van der Waals surface area contributed by atoms with Crippen molar-refractivity contribution in [3.8, 4) is 6.07 Å². The summed E-state index contributed by atoms with van der Waals surface area (Å²) in [5, 5.41) is 15.7. The van der Waals surface area contributed by atoms with E-state index in [1.165, 1.54) is 13.1 Å². The molecule has 0 bridgehead atoms. The summed E-state index contributed by atoms with van der Waals surface area (Å²) in [6.07, 6.45) is 1.06. The summed E-state index contributed by atoms with van der Waals surface area (Å²) in [6, 6.07) is 1.52. The first kappa shape index (κ1) is 14.4. The Morgan fingerprint density at radius 3 is 2.50 bits per heavy atom. The van der Waals surface area contributed by atoms with Crippen molar-refractivity contribution in [2.24, 2.45) is 12.2 Å². The molecule has 0 spiro atoms. The van der Waals surface area contributed by atoms with E-state index in [2.05, 4.69) is 5.10 Å². The normalized spacial score (nSPS) is 13.9. The molecule has 11 heteroatoms. The lowest BCUT2D eigenvalue weighted by Gasteiger charge is -2.07. The number of primary sulfonamides is 1. The van der Waals surface area contributed by atoms with Crippen molar-refractivity contribution in [1.82, 2.24) is 9.78 Å². The van der Waals surface area contributed by atoms with Gasteiger partial charge in [0.1, 0.15) is 4.90 Å². The van der Waals surface area contributed by atoms with Crippen LogP contribution in [0.5, 0.6) is 0 Å². The monoisotopic (exact) mass is 293 g/mol. The number of sulfonamides is 2. The number of aromatic nitrogens is 2. The van der Waals surface area contributed by atoms with Gasteiger partial charge in [0.15, 0.2) is 11.1 Å². The zero-order valence-corrected chi connectivity index (χ0v) is 11.2. The summed E-state index contributed by atoms with van der Waals surface area (Å²) in [6.45, 7) is 1.15. The number of nitrogens with one attached hydrogen (secondary N) is 1. The molecule has 0 saturated carbocycles. The van der Waals surface area contributed by atoms with E-state index in [1.807, 2.05) is 4.72 Å². The highest BCUT2D eigenvalue weighted by atomic mass is 32.2. The molecule has 1 unspecified atom stereocenters. The molecular formula is C7H11N5O4S2. The minimum absolute atomic E-state index is 0.429. The minimum Gasteiger partial charge on any atom is -0.272 e. The molecule has 100 valence electrons. The quantitative estimate of drug-likeness (QED) is 0.706. The van der Waals surface area contributed by atoms with Gasteiger partial charge in [-0.25, -0.2) is 22.0 Å². The average Bonchev–Trinajstić information content (AvgIpc) is 2.56. The summed E-state index contributed by atoms with van der Waals surface area (Å²) in [5.74, 6) is -0.429. The van der Waals surface area contributed by atoms with Gasteiger partial charge in [-0.1, -0.05) is 0 Å². The molecule has 0 aromatic carbocycles. The molecule has 0 saturated heterocycles. The molecule has 0 amide bonds. The van der Waals surface area contributed by atoms with Gasteiger partial charge in [-0.3, -0.25) is 9.40 Å². The Morgan fingerprint density at radius 1 is 1.50 bits per heavy atom. The van der Waals surface area contributed by atoms with E-state index in [-0.39, 0.29) is 0 Å². The van der Waals surface area contributed by atoms with Crippen LogP contribution in [0.2, 0.25) is 0 Å². The number of nitrogens with zero attached hydrogens (tertiary/aromatic N) is 3. The topological polar surface area (TPSA) is 148 Å². The van der Waals surface area contributed by atoms with Crippen molar-refractivity contribution in [2.45, 2.75) is 17.1 Å². The third kappa shape index (κ3) is 2.97. The summed E-state index contributed by atoms with van der Waals surface area (Å²) < 4.78 is 48.7. The van der Waals surface area contributed by atoms with Crippen LogP contribution in [0.3, 0.4) is 0 Å². The van der Waals surface area contributed by atoms with Gasteiger partial charge in [-0.2, -0.15) is 10.4 Å². The van der Waals surface area contributed by atoms with Gasteiger partial charge in [-0.15, -0.1) is 0 Å². The molecule has 18 heavy (non-hydrogen) atoms. The predicted molar refractivity (Wildman–Crippen MR) is 62.2 cm³/mol. The minimum atomic E-state index is -4.11. The van der Waals surface area contributed by atoms with E-state index in [0.29, 0.717) is 0 Å². The van der Waals surface area contributed by atoms with E-state index in [4.69, 9.17) is 10.4 Å². The van der Waals surface area contributed by atoms with Crippen molar-refractivity contribution in [3.05, 3.63) is 6.20 Å². The second-order valence-electron chi connectivity index (χ2n) is 3.48. The molecule has 0 fully saturated rings. The van der Waals surface area contributed by atoms with Crippen LogP contribution < -0.4 is 9.86 Å². The number of anilines is 1. The first-order valence-corrected chi connectivity index (χ1v) is 7.65. The van der Waals surface area contributed by atoms with Gasteiger partial charge < -0.3 is 0 Å². The third-order valence-electron chi connectivity index (χ3n) is 1.99. The Hall–Kier alpha value is -1.64. The number of rotatable bonds is 4. The van der Waals surface area contributed by atoms with Crippen LogP contribution in [-0.2, 0) is 27.1 Å². The number of hydrogen-bond acceptors (Lipinski definition) is 6. The van der Waals surface area contributed by atoms with Gasteiger partial charge in [-0.05, 0) is 6.92 Å². The van der Waals surface area contributed by atoms with Gasteiger partial charge in [0.05, 0.1) is 6.07 Å². The predicted octanol–water partition coefficient (Wildman–Crippen LogP) is -1.28. The fraction of sp³-hybridized carbons (Fsp3) is 0.429. The maximum absolute atomic E-state index is 11.6. The maximum Gasteiger partial charge on any atom is 0.250 e. The molecule has 0 aliphatic carbocycles. The first-order valence-electron chi connectivity index (χ1n) is 4.55. The number of hydrogen-bond donors (Lipinski definition) is 2. The van der Waals surface area contributed by atoms with Crippen molar-refractivity contribution in [3.63, 3.8) is 0 Å². The second kappa shape index (κ2) is 4.56. The van der Waals surface area contributed by atoms with Crippen molar-refractivity contribution in [2.75, 3.05) is 4.72 Å². The summed E-state index contributed by atoms with van der Waals surface area (Å²) in [4.78, 5) is -0.460.